The summed E-state index contributed by atoms with van der Waals surface area (Å²) in [5, 5.41) is 16.0. The zero-order chi connectivity index (χ0) is 21.3. The van der Waals surface area contributed by atoms with E-state index in [0.717, 1.165) is 0 Å². The molecule has 0 saturated carbocycles. The Hall–Kier alpha value is -4.13. The summed E-state index contributed by atoms with van der Waals surface area (Å²) in [6.07, 6.45) is -0.548. The molecule has 7 nitrogen and oxygen atoms in total. The first kappa shape index (κ1) is 19.2. The van der Waals surface area contributed by atoms with Crippen LogP contribution in [0.2, 0.25) is 0 Å². The lowest BCUT2D eigenvalue weighted by molar-refractivity contribution is 0.0977. The van der Waals surface area contributed by atoms with Crippen LogP contribution in [0.5, 0.6) is 5.75 Å². The Kier molecular flexibility index (Phi) is 4.93. The van der Waals surface area contributed by atoms with Crippen LogP contribution >= 0.6 is 0 Å². The van der Waals surface area contributed by atoms with E-state index in [9.17, 15) is 19.5 Å². The van der Waals surface area contributed by atoms with E-state index in [2.05, 4.69) is 10.6 Å². The fourth-order valence-electron chi connectivity index (χ4n) is 3.39. The number of hydrogen-bond acceptors (Lipinski definition) is 6. The Morgan fingerprint density at radius 1 is 0.867 bits per heavy atom. The van der Waals surface area contributed by atoms with E-state index in [-0.39, 0.29) is 34.8 Å². The highest BCUT2D eigenvalue weighted by Crippen LogP contribution is 2.38. The Bertz CT molecular complexity index is 1170. The largest absolute Gasteiger partial charge is 0.507 e. The van der Waals surface area contributed by atoms with Crippen molar-refractivity contribution in [3.05, 3.63) is 82.9 Å². The summed E-state index contributed by atoms with van der Waals surface area (Å²) >= 11 is 0. The van der Waals surface area contributed by atoms with Crippen molar-refractivity contribution in [2.24, 2.45) is 0 Å². The summed E-state index contributed by atoms with van der Waals surface area (Å²) in [4.78, 5) is 37.5. The molecule has 0 spiro atoms. The van der Waals surface area contributed by atoms with E-state index < -0.39 is 11.9 Å². The Labute approximate surface area is 172 Å². The van der Waals surface area contributed by atoms with Gasteiger partial charge in [-0.05, 0) is 43.3 Å². The molecule has 3 N–H and O–H groups in total. The van der Waals surface area contributed by atoms with Crippen LogP contribution in [0.1, 0.15) is 38.8 Å². The number of hydrogen-bond donors (Lipinski definition) is 3. The van der Waals surface area contributed by atoms with Crippen LogP contribution in [0.3, 0.4) is 0 Å². The van der Waals surface area contributed by atoms with Crippen molar-refractivity contribution in [3.8, 4) is 5.75 Å². The minimum atomic E-state index is -0.548. The summed E-state index contributed by atoms with van der Waals surface area (Å²) < 4.78 is 4.84. The third kappa shape index (κ3) is 3.37. The summed E-state index contributed by atoms with van der Waals surface area (Å²) in [5.41, 5.74) is 2.29. The molecule has 0 unspecified atom stereocenters. The maximum Gasteiger partial charge on any atom is 0.411 e. The van der Waals surface area contributed by atoms with Gasteiger partial charge in [0.05, 0.1) is 23.4 Å². The monoisotopic (exact) mass is 402 g/mol. The van der Waals surface area contributed by atoms with Gasteiger partial charge in [-0.2, -0.15) is 0 Å². The van der Waals surface area contributed by atoms with Crippen molar-refractivity contribution < 1.29 is 24.2 Å². The van der Waals surface area contributed by atoms with E-state index in [0.29, 0.717) is 22.6 Å². The van der Waals surface area contributed by atoms with Gasteiger partial charge in [0.25, 0.3) is 0 Å². The molecule has 150 valence electrons. The predicted octanol–water partition coefficient (Wildman–Crippen LogP) is 4.48. The number of ether oxygens (including phenoxy) is 1. The summed E-state index contributed by atoms with van der Waals surface area (Å²) in [6, 6.07) is 16.3. The van der Waals surface area contributed by atoms with Gasteiger partial charge in [-0.1, -0.05) is 24.3 Å². The molecular weight excluding hydrogens is 384 g/mol. The maximum atomic E-state index is 13.1. The van der Waals surface area contributed by atoms with E-state index in [1.165, 1.54) is 6.07 Å². The number of carbonyl (C=O) groups is 3. The minimum Gasteiger partial charge on any atom is -0.507 e. The fourth-order valence-corrected chi connectivity index (χ4v) is 3.39. The van der Waals surface area contributed by atoms with Gasteiger partial charge >= 0.3 is 6.09 Å². The van der Waals surface area contributed by atoms with E-state index in [1.54, 1.807) is 61.5 Å². The molecule has 0 heterocycles. The number of carbonyl (C=O) groups excluding carboxylic acids is 3. The molecule has 1 aliphatic carbocycles. The second kappa shape index (κ2) is 7.71. The van der Waals surface area contributed by atoms with Gasteiger partial charge in [0.1, 0.15) is 5.75 Å². The Morgan fingerprint density at radius 2 is 1.47 bits per heavy atom. The summed E-state index contributed by atoms with van der Waals surface area (Å²) in [5.74, 6) is -0.966. The topological polar surface area (TPSA) is 105 Å². The number of fused-ring (bicyclic) bond motifs is 2. The van der Waals surface area contributed by atoms with Crippen LogP contribution in [0, 0.1) is 0 Å². The van der Waals surface area contributed by atoms with Gasteiger partial charge < -0.3 is 15.2 Å². The first-order valence-corrected chi connectivity index (χ1v) is 9.35. The number of ketones is 2. The molecule has 4 rings (SSSR count). The van der Waals surface area contributed by atoms with Gasteiger partial charge in [0.15, 0.2) is 11.6 Å². The molecule has 0 radical (unpaired) electrons. The number of phenols is 1. The lowest BCUT2D eigenvalue weighted by atomic mass is 9.82. The van der Waals surface area contributed by atoms with Crippen LogP contribution < -0.4 is 10.6 Å². The SMILES string of the molecule is CCOC(=O)Nc1ccc(Nc2ccc(O)c3c2C(=O)c2ccccc2C3=O)cc1. The quantitative estimate of drug-likeness (QED) is 0.435. The number of benzene rings is 3. The Balaban J connectivity index is 1.66. The smallest absolute Gasteiger partial charge is 0.411 e. The number of nitrogens with one attached hydrogen (secondary N) is 2. The summed E-state index contributed by atoms with van der Waals surface area (Å²) in [7, 11) is 0. The van der Waals surface area contributed by atoms with Crippen LogP contribution in [0.25, 0.3) is 0 Å². The standard InChI is InChI=1S/C23H18N2O5/c1-2-30-23(29)25-14-9-7-13(8-10-14)24-17-11-12-18(26)20-19(17)21(27)15-5-3-4-6-16(15)22(20)28/h3-12,24,26H,2H2,1H3,(H,25,29). The van der Waals surface area contributed by atoms with Crippen molar-refractivity contribution in [3.63, 3.8) is 0 Å². The minimum absolute atomic E-state index is 0.00991. The van der Waals surface area contributed by atoms with Crippen LogP contribution in [-0.2, 0) is 4.74 Å². The van der Waals surface area contributed by atoms with Gasteiger partial charge in [-0.15, -0.1) is 0 Å². The number of amides is 1. The van der Waals surface area contributed by atoms with Crippen molar-refractivity contribution in [2.45, 2.75) is 6.92 Å². The first-order chi connectivity index (χ1) is 14.5. The number of phenolic OH excluding ortho intramolecular Hbond substituents is 1. The molecule has 0 aliphatic heterocycles. The molecule has 0 bridgehead atoms. The van der Waals surface area contributed by atoms with Gasteiger partial charge in [0, 0.05) is 22.5 Å². The lowest BCUT2D eigenvalue weighted by Crippen LogP contribution is -2.22. The van der Waals surface area contributed by atoms with E-state index in [4.69, 9.17) is 4.74 Å². The Morgan fingerprint density at radius 3 is 2.10 bits per heavy atom. The maximum absolute atomic E-state index is 13.1. The molecule has 0 aromatic heterocycles. The van der Waals surface area contributed by atoms with Crippen LogP contribution in [-0.4, -0.2) is 29.4 Å². The third-order valence-electron chi connectivity index (χ3n) is 4.74. The van der Waals surface area contributed by atoms with Gasteiger partial charge in [-0.3, -0.25) is 14.9 Å². The van der Waals surface area contributed by atoms with E-state index >= 15 is 0 Å². The van der Waals surface area contributed by atoms with Gasteiger partial charge in [0.2, 0.25) is 0 Å². The number of rotatable bonds is 4. The number of aromatic hydroxyl groups is 1. The molecule has 1 amide bonds. The number of anilines is 3. The fraction of sp³-hybridized carbons (Fsp3) is 0.0870. The zero-order valence-electron chi connectivity index (χ0n) is 16.1. The van der Waals surface area contributed by atoms with E-state index in [1.807, 2.05) is 0 Å². The molecule has 3 aromatic carbocycles. The van der Waals surface area contributed by atoms with Crippen molar-refractivity contribution >= 4 is 34.7 Å². The van der Waals surface area contributed by atoms with Crippen LogP contribution in [0.4, 0.5) is 21.9 Å². The summed E-state index contributed by atoms with van der Waals surface area (Å²) in [6.45, 7) is 1.99. The molecular formula is C23H18N2O5. The van der Waals surface area contributed by atoms with Gasteiger partial charge in [-0.25, -0.2) is 4.79 Å². The third-order valence-corrected chi connectivity index (χ3v) is 4.74. The first-order valence-electron chi connectivity index (χ1n) is 9.35. The predicted molar refractivity (Wildman–Crippen MR) is 112 cm³/mol. The average Bonchev–Trinajstić information content (AvgIpc) is 2.74. The highest BCUT2D eigenvalue weighted by atomic mass is 16.5. The highest BCUT2D eigenvalue weighted by molar-refractivity contribution is 6.31. The highest BCUT2D eigenvalue weighted by Gasteiger charge is 2.33. The van der Waals surface area contributed by atoms with Crippen molar-refractivity contribution in [1.82, 2.24) is 0 Å². The molecule has 0 atom stereocenters. The lowest BCUT2D eigenvalue weighted by Gasteiger charge is -2.21. The average molecular weight is 402 g/mol. The molecule has 0 saturated heterocycles. The van der Waals surface area contributed by atoms with Crippen LogP contribution in [0.15, 0.2) is 60.7 Å². The second-order valence-corrected chi connectivity index (χ2v) is 6.63. The molecule has 7 heteroatoms. The van der Waals surface area contributed by atoms with Crippen molar-refractivity contribution in [2.75, 3.05) is 17.2 Å². The molecule has 3 aromatic rings. The second-order valence-electron chi connectivity index (χ2n) is 6.63. The molecule has 1 aliphatic rings. The zero-order valence-corrected chi connectivity index (χ0v) is 16.1. The molecule has 30 heavy (non-hydrogen) atoms. The molecule has 0 fully saturated rings. The normalized spacial score (nSPS) is 12.0. The van der Waals surface area contributed by atoms with Crippen molar-refractivity contribution in [1.29, 1.82) is 0 Å².